The van der Waals surface area contributed by atoms with Crippen LogP contribution in [0.2, 0.25) is 0 Å². The number of hydrogen-bond donors (Lipinski definition) is 2. The van der Waals surface area contributed by atoms with Gasteiger partial charge in [-0.25, -0.2) is 0 Å². The van der Waals surface area contributed by atoms with Crippen molar-refractivity contribution in [2.75, 3.05) is 38.3 Å². The average molecular weight is 291 g/mol. The third-order valence-corrected chi connectivity index (χ3v) is 2.48. The van der Waals surface area contributed by atoms with Crippen molar-refractivity contribution < 1.29 is 14.9 Å². The van der Waals surface area contributed by atoms with Crippen LogP contribution in [0, 0.1) is 4.91 Å². The molecule has 0 saturated heterocycles. The van der Waals surface area contributed by atoms with Gasteiger partial charge in [-0.1, -0.05) is 0 Å². The van der Waals surface area contributed by atoms with Gasteiger partial charge in [0.2, 0.25) is 0 Å². The Morgan fingerprint density at radius 2 is 2.00 bits per heavy atom. The van der Waals surface area contributed by atoms with Crippen LogP contribution in [0.4, 0.5) is 11.4 Å². The highest BCUT2D eigenvalue weighted by Gasteiger charge is 2.12. The first-order valence-corrected chi connectivity index (χ1v) is 5.67. The summed E-state index contributed by atoms with van der Waals surface area (Å²) < 4.78 is 4.86. The highest BCUT2D eigenvalue weighted by atomic mass is 35.5. The van der Waals surface area contributed by atoms with E-state index >= 15 is 0 Å². The molecule has 0 bridgehead atoms. The van der Waals surface area contributed by atoms with Crippen molar-refractivity contribution in [2.45, 2.75) is 6.10 Å². The van der Waals surface area contributed by atoms with E-state index < -0.39 is 6.10 Å². The lowest BCUT2D eigenvalue weighted by molar-refractivity contribution is 0.0683. The molecule has 1 unspecified atom stereocenters. The Morgan fingerprint density at radius 1 is 1.37 bits per heavy atom. The van der Waals surface area contributed by atoms with E-state index in [1.54, 1.807) is 24.3 Å². The minimum absolute atomic E-state index is 0. The van der Waals surface area contributed by atoms with Crippen LogP contribution in [0.15, 0.2) is 29.4 Å². The monoisotopic (exact) mass is 290 g/mol. The molecular weight excluding hydrogens is 272 g/mol. The van der Waals surface area contributed by atoms with Crippen molar-refractivity contribution in [1.29, 1.82) is 0 Å². The minimum atomic E-state index is -0.634. The van der Waals surface area contributed by atoms with Gasteiger partial charge in [0.15, 0.2) is 0 Å². The number of ether oxygens (including phenoxy) is 1. The van der Waals surface area contributed by atoms with Crippen LogP contribution in [-0.4, -0.2) is 49.7 Å². The maximum atomic E-state index is 10.3. The smallest absolute Gasteiger partial charge is 0.108 e. The summed E-state index contributed by atoms with van der Waals surface area (Å²) in [5.41, 5.74) is 1.16. The molecule has 0 heterocycles. The summed E-state index contributed by atoms with van der Waals surface area (Å²) in [4.78, 5) is 12.1. The molecular formula is C12H19ClN2O4. The Morgan fingerprint density at radius 3 is 2.47 bits per heavy atom. The molecule has 0 aliphatic rings. The normalized spacial score (nSPS) is 11.5. The molecule has 0 fully saturated rings. The van der Waals surface area contributed by atoms with Crippen molar-refractivity contribution in [3.05, 3.63) is 29.2 Å². The van der Waals surface area contributed by atoms with Crippen molar-refractivity contribution in [2.24, 2.45) is 5.18 Å². The maximum Gasteiger partial charge on any atom is 0.108 e. The summed E-state index contributed by atoms with van der Waals surface area (Å²) >= 11 is 0. The van der Waals surface area contributed by atoms with Crippen LogP contribution in [-0.2, 0) is 4.74 Å². The van der Waals surface area contributed by atoms with Gasteiger partial charge in [0.25, 0.3) is 0 Å². The molecule has 0 radical (unpaired) electrons. The molecule has 1 aromatic rings. The lowest BCUT2D eigenvalue weighted by Gasteiger charge is -2.26. The van der Waals surface area contributed by atoms with E-state index in [9.17, 15) is 10.0 Å². The van der Waals surface area contributed by atoms with E-state index in [0.717, 1.165) is 5.69 Å². The number of aliphatic hydroxyl groups is 2. The summed E-state index contributed by atoms with van der Waals surface area (Å²) in [7, 11) is 1.52. The second kappa shape index (κ2) is 9.69. The van der Waals surface area contributed by atoms with Crippen LogP contribution >= 0.6 is 12.4 Å². The quantitative estimate of drug-likeness (QED) is 0.706. The summed E-state index contributed by atoms with van der Waals surface area (Å²) in [5, 5.41) is 21.5. The van der Waals surface area contributed by atoms with Crippen LogP contribution < -0.4 is 4.90 Å². The third-order valence-electron chi connectivity index (χ3n) is 2.48. The second-order valence-corrected chi connectivity index (χ2v) is 3.89. The van der Waals surface area contributed by atoms with Crippen molar-refractivity contribution >= 4 is 23.8 Å². The van der Waals surface area contributed by atoms with Crippen molar-refractivity contribution in [3.63, 3.8) is 0 Å². The molecule has 0 amide bonds. The van der Waals surface area contributed by atoms with E-state index in [4.69, 9.17) is 9.84 Å². The van der Waals surface area contributed by atoms with E-state index in [-0.39, 0.29) is 25.6 Å². The first-order valence-electron chi connectivity index (χ1n) is 5.67. The summed E-state index contributed by atoms with van der Waals surface area (Å²) in [6, 6.07) is 6.64. The number of methoxy groups -OCH3 is 1. The number of hydrogen-bond acceptors (Lipinski definition) is 6. The highest BCUT2D eigenvalue weighted by Crippen LogP contribution is 2.19. The number of rotatable bonds is 8. The Hall–Kier alpha value is -1.21. The molecule has 7 heteroatoms. The molecule has 0 aromatic heterocycles. The summed E-state index contributed by atoms with van der Waals surface area (Å²) in [5.74, 6) is 0. The van der Waals surface area contributed by atoms with Gasteiger partial charge >= 0.3 is 0 Å². The number of nitrogens with zero attached hydrogens (tertiary/aromatic N) is 2. The van der Waals surface area contributed by atoms with Crippen molar-refractivity contribution in [3.8, 4) is 0 Å². The molecule has 0 spiro atoms. The van der Waals surface area contributed by atoms with E-state index in [0.29, 0.717) is 18.8 Å². The van der Waals surface area contributed by atoms with Crippen molar-refractivity contribution in [1.82, 2.24) is 0 Å². The molecule has 108 valence electrons. The Labute approximate surface area is 118 Å². The molecule has 1 rings (SSSR count). The molecule has 2 N–H and O–H groups in total. The largest absolute Gasteiger partial charge is 0.395 e. The van der Waals surface area contributed by atoms with Gasteiger partial charge in [0.1, 0.15) is 5.69 Å². The first-order chi connectivity index (χ1) is 8.71. The zero-order valence-electron chi connectivity index (χ0n) is 10.7. The van der Waals surface area contributed by atoms with E-state index in [2.05, 4.69) is 5.18 Å². The topological polar surface area (TPSA) is 82.4 Å². The molecule has 0 aliphatic carbocycles. The number of nitroso groups, excluding NO2 is 1. The number of halogens is 1. The lowest BCUT2D eigenvalue weighted by atomic mass is 10.2. The van der Waals surface area contributed by atoms with Crippen LogP contribution in [0.3, 0.4) is 0 Å². The fourth-order valence-corrected chi connectivity index (χ4v) is 1.67. The van der Waals surface area contributed by atoms with Crippen LogP contribution in [0.5, 0.6) is 0 Å². The van der Waals surface area contributed by atoms with E-state index in [1.165, 1.54) is 7.11 Å². The molecule has 0 saturated carbocycles. The van der Waals surface area contributed by atoms with E-state index in [1.807, 2.05) is 4.90 Å². The predicted octanol–water partition coefficient (Wildman–Crippen LogP) is 1.31. The zero-order chi connectivity index (χ0) is 13.4. The van der Waals surface area contributed by atoms with Crippen LogP contribution in [0.25, 0.3) is 0 Å². The standard InChI is InChI=1S/C12H18N2O4.ClH/c1-18-9-12(16)8-14(6-7-15)11-4-2-10(13-17)3-5-11;/h2-5,12,15-16H,6-9H2,1H3;1H. The molecule has 1 atom stereocenters. The summed E-state index contributed by atoms with van der Waals surface area (Å²) in [6.45, 7) is 0.959. The molecule has 19 heavy (non-hydrogen) atoms. The maximum absolute atomic E-state index is 10.3. The fourth-order valence-electron chi connectivity index (χ4n) is 1.67. The zero-order valence-corrected chi connectivity index (χ0v) is 11.5. The average Bonchev–Trinajstić information content (AvgIpc) is 2.39. The number of aliphatic hydroxyl groups excluding tert-OH is 2. The van der Waals surface area contributed by atoms with Gasteiger partial charge < -0.3 is 19.8 Å². The minimum Gasteiger partial charge on any atom is -0.395 e. The molecule has 1 aromatic carbocycles. The fraction of sp³-hybridized carbons (Fsp3) is 0.500. The second-order valence-electron chi connectivity index (χ2n) is 3.89. The Kier molecular flexibility index (Phi) is 9.07. The first kappa shape index (κ1) is 17.8. The third kappa shape index (κ3) is 5.98. The van der Waals surface area contributed by atoms with Gasteiger partial charge in [-0.3, -0.25) is 0 Å². The van der Waals surface area contributed by atoms with Gasteiger partial charge in [-0.05, 0) is 29.4 Å². The predicted molar refractivity (Wildman–Crippen MR) is 76.3 cm³/mol. The Bertz CT molecular complexity index is 361. The molecule has 6 nitrogen and oxygen atoms in total. The Balaban J connectivity index is 0.00000324. The molecule has 0 aliphatic heterocycles. The lowest BCUT2D eigenvalue weighted by Crippen LogP contribution is -2.36. The van der Waals surface area contributed by atoms with Crippen LogP contribution in [0.1, 0.15) is 0 Å². The number of anilines is 1. The van der Waals surface area contributed by atoms with Gasteiger partial charge in [0, 0.05) is 25.9 Å². The van der Waals surface area contributed by atoms with Gasteiger partial charge in [-0.15, -0.1) is 17.3 Å². The van der Waals surface area contributed by atoms with Gasteiger partial charge in [0.05, 0.1) is 19.3 Å². The number of benzene rings is 1. The van der Waals surface area contributed by atoms with Gasteiger partial charge in [-0.2, -0.15) is 0 Å². The SMILES string of the molecule is COCC(O)CN(CCO)c1ccc(N=O)cc1.Cl. The summed E-state index contributed by atoms with van der Waals surface area (Å²) in [6.07, 6.45) is -0.634. The highest BCUT2D eigenvalue weighted by molar-refractivity contribution is 5.85.